The van der Waals surface area contributed by atoms with Gasteiger partial charge in [0.25, 0.3) is 0 Å². The van der Waals surface area contributed by atoms with Crippen LogP contribution in [0, 0.1) is 0 Å². The van der Waals surface area contributed by atoms with Crippen LogP contribution < -0.4 is 5.32 Å². The van der Waals surface area contributed by atoms with Crippen molar-refractivity contribution in [3.63, 3.8) is 0 Å². The van der Waals surface area contributed by atoms with Crippen LogP contribution in [0.1, 0.15) is 5.56 Å². The average molecular weight is 192 g/mol. The zero-order valence-electron chi connectivity index (χ0n) is 7.95. The largest absolute Gasteiger partial charge is 0.504 e. The van der Waals surface area contributed by atoms with E-state index in [1.54, 1.807) is 0 Å². The normalized spacial score (nSPS) is 10.9. The van der Waals surface area contributed by atoms with Gasteiger partial charge in [0, 0.05) is 0 Å². The zero-order valence-corrected chi connectivity index (χ0v) is 7.95. The van der Waals surface area contributed by atoms with E-state index < -0.39 is 0 Å². The van der Waals surface area contributed by atoms with Crippen molar-refractivity contribution >= 4 is 11.1 Å². The van der Waals surface area contributed by atoms with E-state index in [2.05, 4.69) is 10.3 Å². The topological polar surface area (TPSA) is 58.3 Å². The Morgan fingerprint density at radius 2 is 2.36 bits per heavy atom. The molecule has 14 heavy (non-hydrogen) atoms. The van der Waals surface area contributed by atoms with Gasteiger partial charge in [0.05, 0.1) is 0 Å². The SMILES string of the molecule is CNCCc1ccc2ncoc2c1O. The predicted molar refractivity (Wildman–Crippen MR) is 53.3 cm³/mol. The summed E-state index contributed by atoms with van der Waals surface area (Å²) in [6.45, 7) is 0.827. The Kier molecular flexibility index (Phi) is 2.37. The van der Waals surface area contributed by atoms with Crippen LogP contribution in [-0.2, 0) is 6.42 Å². The summed E-state index contributed by atoms with van der Waals surface area (Å²) in [4.78, 5) is 3.96. The smallest absolute Gasteiger partial charge is 0.196 e. The van der Waals surface area contributed by atoms with Crippen LogP contribution in [-0.4, -0.2) is 23.7 Å². The highest BCUT2D eigenvalue weighted by Crippen LogP contribution is 2.27. The maximum atomic E-state index is 9.80. The van der Waals surface area contributed by atoms with E-state index in [0.29, 0.717) is 11.1 Å². The lowest BCUT2D eigenvalue weighted by atomic mass is 10.1. The number of oxazole rings is 1. The van der Waals surface area contributed by atoms with Crippen molar-refractivity contribution in [1.29, 1.82) is 0 Å². The molecule has 74 valence electrons. The molecule has 0 spiro atoms. The molecule has 0 aliphatic carbocycles. The lowest BCUT2D eigenvalue weighted by Crippen LogP contribution is -2.10. The second kappa shape index (κ2) is 3.67. The number of aromatic nitrogens is 1. The third-order valence-corrected chi connectivity index (χ3v) is 2.20. The molecule has 0 bridgehead atoms. The number of hydrogen-bond donors (Lipinski definition) is 2. The summed E-state index contributed by atoms with van der Waals surface area (Å²) in [5, 5.41) is 12.8. The van der Waals surface area contributed by atoms with Crippen LogP contribution in [0.15, 0.2) is 22.9 Å². The molecule has 0 saturated heterocycles. The molecule has 0 saturated carbocycles. The Balaban J connectivity index is 2.40. The summed E-state index contributed by atoms with van der Waals surface area (Å²) in [5.74, 6) is 0.204. The van der Waals surface area contributed by atoms with Gasteiger partial charge in [-0.15, -0.1) is 0 Å². The molecule has 1 heterocycles. The van der Waals surface area contributed by atoms with E-state index in [1.165, 1.54) is 6.39 Å². The number of benzene rings is 1. The molecule has 0 radical (unpaired) electrons. The second-order valence-electron chi connectivity index (χ2n) is 3.13. The zero-order chi connectivity index (χ0) is 9.97. The molecule has 0 amide bonds. The van der Waals surface area contributed by atoms with E-state index in [4.69, 9.17) is 4.42 Å². The average Bonchev–Trinajstić information content (AvgIpc) is 2.66. The van der Waals surface area contributed by atoms with Gasteiger partial charge in [-0.2, -0.15) is 0 Å². The van der Waals surface area contributed by atoms with Crippen LogP contribution in [0.5, 0.6) is 5.75 Å². The fourth-order valence-electron chi connectivity index (χ4n) is 1.42. The summed E-state index contributed by atoms with van der Waals surface area (Å²) in [6.07, 6.45) is 2.12. The summed E-state index contributed by atoms with van der Waals surface area (Å²) in [7, 11) is 1.88. The molecule has 4 heteroatoms. The first-order chi connectivity index (χ1) is 6.83. The number of fused-ring (bicyclic) bond motifs is 1. The monoisotopic (exact) mass is 192 g/mol. The van der Waals surface area contributed by atoms with E-state index >= 15 is 0 Å². The highest BCUT2D eigenvalue weighted by Gasteiger charge is 2.08. The second-order valence-corrected chi connectivity index (χ2v) is 3.13. The number of rotatable bonds is 3. The highest BCUT2D eigenvalue weighted by atomic mass is 16.4. The van der Waals surface area contributed by atoms with Crippen molar-refractivity contribution in [3.05, 3.63) is 24.1 Å². The van der Waals surface area contributed by atoms with E-state index in [-0.39, 0.29) is 5.75 Å². The Morgan fingerprint density at radius 1 is 1.50 bits per heavy atom. The van der Waals surface area contributed by atoms with Gasteiger partial charge >= 0.3 is 0 Å². The fraction of sp³-hybridized carbons (Fsp3) is 0.300. The van der Waals surface area contributed by atoms with Crippen molar-refractivity contribution in [2.45, 2.75) is 6.42 Å². The first-order valence-electron chi connectivity index (χ1n) is 4.51. The molecule has 0 aliphatic rings. The van der Waals surface area contributed by atoms with Gasteiger partial charge in [-0.1, -0.05) is 6.07 Å². The molecule has 2 rings (SSSR count). The molecule has 4 nitrogen and oxygen atoms in total. The number of nitrogens with one attached hydrogen (secondary N) is 1. The molecule has 0 atom stereocenters. The Hall–Kier alpha value is -1.55. The molecule has 2 aromatic rings. The first-order valence-corrected chi connectivity index (χ1v) is 4.51. The molecular formula is C10H12N2O2. The first kappa shape index (κ1) is 9.02. The van der Waals surface area contributed by atoms with Crippen LogP contribution in [0.3, 0.4) is 0 Å². The highest BCUT2D eigenvalue weighted by molar-refractivity contribution is 5.80. The van der Waals surface area contributed by atoms with E-state index in [9.17, 15) is 5.11 Å². The number of nitrogens with zero attached hydrogens (tertiary/aromatic N) is 1. The number of likely N-dealkylation sites (N-methyl/N-ethyl adjacent to an activating group) is 1. The Morgan fingerprint density at radius 3 is 3.14 bits per heavy atom. The van der Waals surface area contributed by atoms with Gasteiger partial charge in [0.1, 0.15) is 5.52 Å². The van der Waals surface area contributed by atoms with Gasteiger partial charge in [-0.05, 0) is 31.6 Å². The minimum atomic E-state index is 0.204. The maximum Gasteiger partial charge on any atom is 0.196 e. The summed E-state index contributed by atoms with van der Waals surface area (Å²) < 4.78 is 5.09. The summed E-state index contributed by atoms with van der Waals surface area (Å²) in [5.41, 5.74) is 2.04. The van der Waals surface area contributed by atoms with Gasteiger partial charge in [-0.3, -0.25) is 0 Å². The molecule has 0 unspecified atom stereocenters. The van der Waals surface area contributed by atoms with E-state index in [1.807, 2.05) is 19.2 Å². The van der Waals surface area contributed by atoms with Gasteiger partial charge in [0.2, 0.25) is 0 Å². The number of phenolic OH excluding ortho intramolecular Hbond substituents is 1. The van der Waals surface area contributed by atoms with Gasteiger partial charge in [-0.25, -0.2) is 4.98 Å². The van der Waals surface area contributed by atoms with Crippen LogP contribution >= 0.6 is 0 Å². The van der Waals surface area contributed by atoms with Crippen LogP contribution in [0.4, 0.5) is 0 Å². The van der Waals surface area contributed by atoms with Crippen LogP contribution in [0.25, 0.3) is 11.1 Å². The molecule has 2 N–H and O–H groups in total. The van der Waals surface area contributed by atoms with Gasteiger partial charge in [0.15, 0.2) is 17.7 Å². The van der Waals surface area contributed by atoms with Crippen LogP contribution in [0.2, 0.25) is 0 Å². The number of aromatic hydroxyl groups is 1. The lowest BCUT2D eigenvalue weighted by molar-refractivity contribution is 0.457. The van der Waals surface area contributed by atoms with Crippen molar-refractivity contribution in [2.75, 3.05) is 13.6 Å². The minimum absolute atomic E-state index is 0.204. The van der Waals surface area contributed by atoms with Gasteiger partial charge < -0.3 is 14.8 Å². The standard InChI is InChI=1S/C10H12N2O2/c1-11-5-4-7-2-3-8-10(9(7)13)14-6-12-8/h2-3,6,11,13H,4-5H2,1H3. The van der Waals surface area contributed by atoms with Crippen molar-refractivity contribution < 1.29 is 9.52 Å². The molecule has 1 aromatic heterocycles. The number of phenols is 1. The van der Waals surface area contributed by atoms with Crippen molar-refractivity contribution in [3.8, 4) is 5.75 Å². The Labute approximate surface area is 81.6 Å². The fourth-order valence-corrected chi connectivity index (χ4v) is 1.42. The quantitative estimate of drug-likeness (QED) is 0.769. The molecule has 1 aromatic carbocycles. The third kappa shape index (κ3) is 1.44. The summed E-state index contributed by atoms with van der Waals surface area (Å²) in [6, 6.07) is 3.72. The third-order valence-electron chi connectivity index (χ3n) is 2.20. The summed E-state index contributed by atoms with van der Waals surface area (Å²) >= 11 is 0. The minimum Gasteiger partial charge on any atom is -0.504 e. The maximum absolute atomic E-state index is 9.80. The predicted octanol–water partition coefficient (Wildman–Crippen LogP) is 1.30. The molecule has 0 aliphatic heterocycles. The Bertz CT molecular complexity index is 437. The van der Waals surface area contributed by atoms with Crippen molar-refractivity contribution in [2.24, 2.45) is 0 Å². The van der Waals surface area contributed by atoms with Crippen molar-refractivity contribution in [1.82, 2.24) is 10.3 Å². The molecule has 0 fully saturated rings. The van der Waals surface area contributed by atoms with E-state index in [0.717, 1.165) is 18.5 Å². The lowest BCUT2D eigenvalue weighted by Gasteiger charge is -2.03. The number of hydrogen-bond acceptors (Lipinski definition) is 4. The molecular weight excluding hydrogens is 180 g/mol.